The van der Waals surface area contributed by atoms with E-state index in [0.717, 1.165) is 12.4 Å². The van der Waals surface area contributed by atoms with Crippen LogP contribution < -0.4 is 11.2 Å². The largest absolute Gasteiger partial charge is 0.322 e. The molecule has 0 radical (unpaired) electrons. The summed E-state index contributed by atoms with van der Waals surface area (Å²) in [7, 11) is 2.05. The van der Waals surface area contributed by atoms with Gasteiger partial charge in [0.2, 0.25) is 0 Å². The number of rotatable bonds is 2. The number of nitrogens with zero attached hydrogens (tertiary/aromatic N) is 2. The van der Waals surface area contributed by atoms with Crippen LogP contribution in [0.3, 0.4) is 0 Å². The molecule has 0 aromatic heterocycles. The highest BCUT2D eigenvalue weighted by atomic mass is 35.5. The number of halogens is 1. The van der Waals surface area contributed by atoms with E-state index in [0.29, 0.717) is 0 Å². The lowest BCUT2D eigenvalue weighted by Gasteiger charge is -2.03. The van der Waals surface area contributed by atoms with Crippen LogP contribution in [0.15, 0.2) is 10.2 Å². The monoisotopic (exact) mass is 207 g/mol. The molecule has 0 aromatic rings. The van der Waals surface area contributed by atoms with Gasteiger partial charge in [0.15, 0.2) is 6.34 Å². The van der Waals surface area contributed by atoms with Crippen LogP contribution in [0, 0.1) is 5.53 Å². The number of hydrogen-bond donors (Lipinski definition) is 3. The maximum Gasteiger partial charge on any atom is 0.156 e. The Morgan fingerprint density at radius 2 is 2.00 bits per heavy atom. The minimum absolute atomic E-state index is 0. The number of nitrogens with one attached hydrogen (secondary N) is 2. The first kappa shape index (κ1) is 14.8. The smallest absolute Gasteiger partial charge is 0.156 e. The Hall–Kier alpha value is -0.680. The molecule has 0 aliphatic heterocycles. The second-order valence-corrected chi connectivity index (χ2v) is 2.66. The second-order valence-electron chi connectivity index (χ2n) is 2.66. The van der Waals surface area contributed by atoms with E-state index >= 15 is 0 Å². The SMILES string of the molecule is CNC1CCCC1.Cl.N=NC=NN. The van der Waals surface area contributed by atoms with Gasteiger partial charge >= 0.3 is 0 Å². The summed E-state index contributed by atoms with van der Waals surface area (Å²) >= 11 is 0. The number of hydrazone groups is 1. The molecule has 13 heavy (non-hydrogen) atoms. The van der Waals surface area contributed by atoms with Gasteiger partial charge in [0.05, 0.1) is 0 Å². The molecule has 4 N–H and O–H groups in total. The summed E-state index contributed by atoms with van der Waals surface area (Å²) in [6.07, 6.45) is 6.62. The van der Waals surface area contributed by atoms with E-state index in [9.17, 15) is 0 Å². The normalized spacial score (nSPS) is 16.1. The van der Waals surface area contributed by atoms with Crippen LogP contribution in [-0.2, 0) is 0 Å². The summed E-state index contributed by atoms with van der Waals surface area (Å²) < 4.78 is 0. The van der Waals surface area contributed by atoms with Crippen molar-refractivity contribution in [1.29, 1.82) is 5.53 Å². The molecule has 5 nitrogen and oxygen atoms in total. The Morgan fingerprint density at radius 3 is 2.15 bits per heavy atom. The van der Waals surface area contributed by atoms with Gasteiger partial charge in [0, 0.05) is 6.04 Å². The van der Waals surface area contributed by atoms with E-state index in [1.54, 1.807) is 0 Å². The van der Waals surface area contributed by atoms with Crippen molar-refractivity contribution in [2.24, 2.45) is 16.1 Å². The van der Waals surface area contributed by atoms with E-state index in [4.69, 9.17) is 5.53 Å². The van der Waals surface area contributed by atoms with Crippen molar-refractivity contribution in [2.45, 2.75) is 31.7 Å². The highest BCUT2D eigenvalue weighted by Gasteiger charge is 2.10. The Balaban J connectivity index is 0. The molecule has 1 saturated carbocycles. The average molecular weight is 208 g/mol. The standard InChI is InChI=1S/C6H13N.CH4N4.ClH/c1-7-6-4-2-3-5-6;2-4-1-5-3;/h6-7H,2-5H2,1H3;1-2H,3H2;1H. The van der Waals surface area contributed by atoms with E-state index in [1.807, 2.05) is 0 Å². The molecule has 0 heterocycles. The molecule has 0 saturated heterocycles. The zero-order valence-corrected chi connectivity index (χ0v) is 8.68. The van der Waals surface area contributed by atoms with Gasteiger partial charge in [-0.2, -0.15) is 5.10 Å². The Labute approximate surface area is 85.1 Å². The topological polar surface area (TPSA) is 86.6 Å². The van der Waals surface area contributed by atoms with Crippen LogP contribution in [0.1, 0.15) is 25.7 Å². The quantitative estimate of drug-likeness (QED) is 0.211. The van der Waals surface area contributed by atoms with E-state index in [1.165, 1.54) is 25.7 Å². The molecule has 0 spiro atoms. The van der Waals surface area contributed by atoms with Gasteiger partial charge in [-0.1, -0.05) is 12.8 Å². The lowest BCUT2D eigenvalue weighted by atomic mass is 10.3. The zero-order valence-electron chi connectivity index (χ0n) is 7.86. The summed E-state index contributed by atoms with van der Waals surface area (Å²) in [6.45, 7) is 0. The van der Waals surface area contributed by atoms with Crippen LogP contribution in [0.5, 0.6) is 0 Å². The molecular formula is C7H18ClN5. The minimum Gasteiger partial charge on any atom is -0.322 e. The fraction of sp³-hybridized carbons (Fsp3) is 0.857. The van der Waals surface area contributed by atoms with Gasteiger partial charge in [-0.05, 0) is 19.9 Å². The van der Waals surface area contributed by atoms with Crippen molar-refractivity contribution in [3.05, 3.63) is 0 Å². The van der Waals surface area contributed by atoms with Crippen LogP contribution in [0.4, 0.5) is 0 Å². The third-order valence-corrected chi connectivity index (χ3v) is 1.89. The first-order valence-electron chi connectivity index (χ1n) is 4.10. The predicted octanol–water partition coefficient (Wildman–Crippen LogP) is 1.49. The van der Waals surface area contributed by atoms with Gasteiger partial charge in [-0.3, -0.25) is 0 Å². The second kappa shape index (κ2) is 11.3. The molecule has 0 atom stereocenters. The van der Waals surface area contributed by atoms with Crippen molar-refractivity contribution >= 4 is 18.7 Å². The van der Waals surface area contributed by atoms with Crippen molar-refractivity contribution in [3.63, 3.8) is 0 Å². The van der Waals surface area contributed by atoms with E-state index in [2.05, 4.69) is 28.4 Å². The fourth-order valence-corrected chi connectivity index (χ4v) is 1.25. The molecule has 1 rings (SSSR count). The molecule has 1 aliphatic rings. The molecule has 0 aromatic carbocycles. The number of nitrogens with two attached hydrogens (primary N) is 1. The summed E-state index contributed by atoms with van der Waals surface area (Å²) in [5, 5.41) is 8.83. The Bertz CT molecular complexity index is 133. The highest BCUT2D eigenvalue weighted by Crippen LogP contribution is 2.16. The minimum atomic E-state index is 0. The van der Waals surface area contributed by atoms with Crippen molar-refractivity contribution in [3.8, 4) is 0 Å². The summed E-state index contributed by atoms with van der Waals surface area (Å²) in [6, 6.07) is 0.847. The lowest BCUT2D eigenvalue weighted by molar-refractivity contribution is 0.582. The molecule has 0 amide bonds. The molecule has 0 unspecified atom stereocenters. The first-order valence-corrected chi connectivity index (χ1v) is 4.10. The molecule has 6 heteroatoms. The molecule has 1 aliphatic carbocycles. The predicted molar refractivity (Wildman–Crippen MR) is 56.4 cm³/mol. The summed E-state index contributed by atoms with van der Waals surface area (Å²) in [5.41, 5.74) is 6.00. The third kappa shape index (κ3) is 9.23. The molecule has 78 valence electrons. The van der Waals surface area contributed by atoms with Crippen LogP contribution >= 0.6 is 12.4 Å². The Kier molecular flexibility index (Phi) is 12.9. The zero-order chi connectivity index (χ0) is 9.23. The van der Waals surface area contributed by atoms with Gasteiger partial charge in [-0.15, -0.1) is 17.5 Å². The van der Waals surface area contributed by atoms with Gasteiger partial charge in [0.25, 0.3) is 0 Å². The molecular weight excluding hydrogens is 190 g/mol. The van der Waals surface area contributed by atoms with Crippen LogP contribution in [0.2, 0.25) is 0 Å². The van der Waals surface area contributed by atoms with Crippen molar-refractivity contribution < 1.29 is 0 Å². The number of hydrogen-bond acceptors (Lipinski definition) is 4. The van der Waals surface area contributed by atoms with Gasteiger partial charge in [0.1, 0.15) is 0 Å². The first-order chi connectivity index (χ1) is 5.85. The fourth-order valence-electron chi connectivity index (χ4n) is 1.25. The van der Waals surface area contributed by atoms with E-state index in [-0.39, 0.29) is 12.4 Å². The van der Waals surface area contributed by atoms with Gasteiger partial charge < -0.3 is 11.2 Å². The molecule has 1 fully saturated rings. The van der Waals surface area contributed by atoms with Crippen LogP contribution in [0.25, 0.3) is 0 Å². The lowest BCUT2D eigenvalue weighted by Crippen LogP contribution is -2.20. The molecule has 0 bridgehead atoms. The summed E-state index contributed by atoms with van der Waals surface area (Å²) in [4.78, 5) is 0. The van der Waals surface area contributed by atoms with Crippen LogP contribution in [-0.4, -0.2) is 19.4 Å². The Morgan fingerprint density at radius 1 is 1.46 bits per heavy atom. The highest BCUT2D eigenvalue weighted by molar-refractivity contribution is 5.85. The maximum absolute atomic E-state index is 6.00. The van der Waals surface area contributed by atoms with Crippen molar-refractivity contribution in [1.82, 2.24) is 5.32 Å². The van der Waals surface area contributed by atoms with E-state index < -0.39 is 0 Å². The maximum atomic E-state index is 6.00. The van der Waals surface area contributed by atoms with Crippen molar-refractivity contribution in [2.75, 3.05) is 7.05 Å². The average Bonchev–Trinajstić information content (AvgIpc) is 2.58. The third-order valence-electron chi connectivity index (χ3n) is 1.89. The summed E-state index contributed by atoms with van der Waals surface area (Å²) in [5.74, 6) is 4.49. The van der Waals surface area contributed by atoms with Gasteiger partial charge in [-0.25, -0.2) is 5.53 Å².